The van der Waals surface area contributed by atoms with Crippen molar-refractivity contribution in [2.75, 3.05) is 26.7 Å². The highest BCUT2D eigenvalue weighted by atomic mass is 16.3. The normalized spacial score (nSPS) is 21.4. The van der Waals surface area contributed by atoms with Crippen LogP contribution in [0.4, 0.5) is 0 Å². The number of piperidine rings is 1. The van der Waals surface area contributed by atoms with E-state index >= 15 is 0 Å². The predicted molar refractivity (Wildman–Crippen MR) is 110 cm³/mol. The fourth-order valence-electron chi connectivity index (χ4n) is 4.20. The van der Waals surface area contributed by atoms with Crippen molar-refractivity contribution in [1.29, 1.82) is 0 Å². The molecule has 148 valence electrons. The first kappa shape index (κ1) is 19.9. The summed E-state index contributed by atoms with van der Waals surface area (Å²) in [7, 11) is 1.97. The van der Waals surface area contributed by atoms with Crippen molar-refractivity contribution in [3.05, 3.63) is 35.5 Å². The molecule has 0 aliphatic carbocycles. The number of para-hydroxylation sites is 1. The van der Waals surface area contributed by atoms with Gasteiger partial charge in [-0.1, -0.05) is 39.0 Å². The van der Waals surface area contributed by atoms with Crippen LogP contribution in [-0.4, -0.2) is 58.1 Å². The first-order valence-electron chi connectivity index (χ1n) is 9.86. The van der Waals surface area contributed by atoms with Crippen LogP contribution in [0.3, 0.4) is 0 Å². The number of likely N-dealkylation sites (tertiary alicyclic amines) is 1. The molecule has 1 atom stereocenters. The summed E-state index contributed by atoms with van der Waals surface area (Å²) in [4.78, 5) is 20.3. The molecule has 1 aromatic carbocycles. The second-order valence-electron chi connectivity index (χ2n) is 9.37. The number of likely N-dealkylation sites (N-methyl/N-ethyl adjacent to an activating group) is 1. The van der Waals surface area contributed by atoms with E-state index in [1.165, 1.54) is 10.9 Å². The van der Waals surface area contributed by atoms with Crippen LogP contribution >= 0.6 is 0 Å². The fourth-order valence-corrected chi connectivity index (χ4v) is 4.20. The largest absolute Gasteiger partial charge is 0.379 e. The topological polar surface area (TPSA) is 59.6 Å². The summed E-state index contributed by atoms with van der Waals surface area (Å²) in [6, 6.07) is 8.27. The van der Waals surface area contributed by atoms with Crippen molar-refractivity contribution >= 4 is 16.8 Å². The van der Waals surface area contributed by atoms with Gasteiger partial charge in [0, 0.05) is 42.8 Å². The number of hydrogen-bond acceptors (Lipinski definition) is 3. The summed E-state index contributed by atoms with van der Waals surface area (Å²) in [5.41, 5.74) is 2.23. The summed E-state index contributed by atoms with van der Waals surface area (Å²) in [5.74, 6) is -0.121. The van der Waals surface area contributed by atoms with Gasteiger partial charge in [0.25, 0.3) is 5.91 Å². The summed E-state index contributed by atoms with van der Waals surface area (Å²) < 4.78 is 0. The molecule has 27 heavy (non-hydrogen) atoms. The number of fused-ring (bicyclic) bond motifs is 1. The maximum atomic E-state index is 13.0. The third kappa shape index (κ3) is 4.36. The van der Waals surface area contributed by atoms with Crippen LogP contribution in [0.25, 0.3) is 10.9 Å². The first-order valence-corrected chi connectivity index (χ1v) is 9.86. The molecule has 1 aromatic heterocycles. The van der Waals surface area contributed by atoms with Gasteiger partial charge in [-0.15, -0.1) is 0 Å². The maximum absolute atomic E-state index is 13.0. The third-order valence-corrected chi connectivity index (χ3v) is 5.40. The molecule has 1 amide bonds. The minimum Gasteiger partial charge on any atom is -0.379 e. The summed E-state index contributed by atoms with van der Waals surface area (Å²) in [6.45, 7) is 10.9. The number of hydrogen-bond donors (Lipinski definition) is 2. The van der Waals surface area contributed by atoms with Crippen LogP contribution in [0.2, 0.25) is 0 Å². The second kappa shape index (κ2) is 7.28. The van der Waals surface area contributed by atoms with Gasteiger partial charge < -0.3 is 15.0 Å². The molecule has 2 heterocycles. The summed E-state index contributed by atoms with van der Waals surface area (Å²) in [6.07, 6.45) is 1.38. The van der Waals surface area contributed by atoms with E-state index in [1.54, 1.807) is 0 Å². The molecule has 3 rings (SSSR count). The smallest absolute Gasteiger partial charge is 0.255 e. The van der Waals surface area contributed by atoms with Crippen molar-refractivity contribution < 1.29 is 9.90 Å². The number of carbonyl (C=O) groups is 1. The van der Waals surface area contributed by atoms with E-state index < -0.39 is 5.60 Å². The second-order valence-corrected chi connectivity index (χ2v) is 9.37. The van der Waals surface area contributed by atoms with Crippen molar-refractivity contribution in [2.24, 2.45) is 5.41 Å². The number of nitrogens with one attached hydrogen (secondary N) is 1. The standard InChI is InChI=1S/C22H33N3O2/c1-16-17-9-6-7-10-18(17)23-19(16)13-24(5)15-22(27)11-8-12-25(20(22)26)14-21(2,3)4/h6-7,9-10,23,27H,8,11-15H2,1-5H3. The Morgan fingerprint density at radius 3 is 2.67 bits per heavy atom. The van der Waals surface area contributed by atoms with E-state index in [2.05, 4.69) is 49.7 Å². The lowest BCUT2D eigenvalue weighted by atomic mass is 9.88. The van der Waals surface area contributed by atoms with Crippen LogP contribution in [0.15, 0.2) is 24.3 Å². The number of amides is 1. The van der Waals surface area contributed by atoms with Crippen LogP contribution in [-0.2, 0) is 11.3 Å². The van der Waals surface area contributed by atoms with Crippen molar-refractivity contribution in [3.8, 4) is 0 Å². The van der Waals surface area contributed by atoms with Crippen molar-refractivity contribution in [3.63, 3.8) is 0 Å². The molecule has 1 aliphatic rings. The van der Waals surface area contributed by atoms with Gasteiger partial charge in [-0.3, -0.25) is 9.69 Å². The molecule has 0 bridgehead atoms. The molecule has 5 heteroatoms. The van der Waals surface area contributed by atoms with Crippen molar-refractivity contribution in [2.45, 2.75) is 52.7 Å². The molecule has 0 saturated carbocycles. The highest BCUT2D eigenvalue weighted by Crippen LogP contribution is 2.28. The van der Waals surface area contributed by atoms with E-state index in [-0.39, 0.29) is 11.3 Å². The minimum absolute atomic E-state index is 0.0290. The average molecular weight is 372 g/mol. The molecule has 1 unspecified atom stereocenters. The number of benzene rings is 1. The van der Waals surface area contributed by atoms with Crippen LogP contribution < -0.4 is 0 Å². The fraction of sp³-hybridized carbons (Fsp3) is 0.591. The molecule has 2 aromatic rings. The molecule has 2 N–H and O–H groups in total. The maximum Gasteiger partial charge on any atom is 0.255 e. The molecule has 5 nitrogen and oxygen atoms in total. The molecule has 1 saturated heterocycles. The number of aryl methyl sites for hydroxylation is 1. The lowest BCUT2D eigenvalue weighted by molar-refractivity contribution is -0.160. The zero-order chi connectivity index (χ0) is 19.8. The molecule has 1 aliphatic heterocycles. The molecular weight excluding hydrogens is 338 g/mol. The lowest BCUT2D eigenvalue weighted by Crippen LogP contribution is -2.59. The SMILES string of the molecule is Cc1c(CN(C)CC2(O)CCCN(CC(C)(C)C)C2=O)[nH]c2ccccc12. The van der Waals surface area contributed by atoms with Gasteiger partial charge in [0.05, 0.1) is 0 Å². The number of aromatic nitrogens is 1. The number of carbonyl (C=O) groups excluding carboxylic acids is 1. The minimum atomic E-state index is -1.29. The molecule has 0 spiro atoms. The highest BCUT2D eigenvalue weighted by molar-refractivity contribution is 5.86. The van der Waals surface area contributed by atoms with E-state index in [0.29, 0.717) is 26.1 Å². The molecule has 1 fully saturated rings. The van der Waals surface area contributed by atoms with Crippen LogP contribution in [0.5, 0.6) is 0 Å². The van der Waals surface area contributed by atoms with Gasteiger partial charge in [0.2, 0.25) is 0 Å². The van der Waals surface area contributed by atoms with E-state index in [0.717, 1.165) is 24.2 Å². The summed E-state index contributed by atoms with van der Waals surface area (Å²) >= 11 is 0. The third-order valence-electron chi connectivity index (χ3n) is 5.40. The molecule has 0 radical (unpaired) electrons. The zero-order valence-electron chi connectivity index (χ0n) is 17.3. The van der Waals surface area contributed by atoms with Crippen molar-refractivity contribution in [1.82, 2.24) is 14.8 Å². The Morgan fingerprint density at radius 2 is 2.00 bits per heavy atom. The van der Waals surface area contributed by atoms with E-state index in [9.17, 15) is 9.90 Å². The first-order chi connectivity index (χ1) is 12.6. The van der Waals surface area contributed by atoms with E-state index in [4.69, 9.17) is 0 Å². The van der Waals surface area contributed by atoms with Gasteiger partial charge >= 0.3 is 0 Å². The quantitative estimate of drug-likeness (QED) is 0.848. The number of nitrogens with zero attached hydrogens (tertiary/aromatic N) is 2. The predicted octanol–water partition coefficient (Wildman–Crippen LogP) is 3.31. The van der Waals surface area contributed by atoms with Gasteiger partial charge in [-0.25, -0.2) is 0 Å². The van der Waals surface area contributed by atoms with Crippen LogP contribution in [0.1, 0.15) is 44.9 Å². The average Bonchev–Trinajstić information content (AvgIpc) is 2.87. The lowest BCUT2D eigenvalue weighted by Gasteiger charge is -2.42. The highest BCUT2D eigenvalue weighted by Gasteiger charge is 2.43. The van der Waals surface area contributed by atoms with E-state index in [1.807, 2.05) is 24.1 Å². The summed E-state index contributed by atoms with van der Waals surface area (Å²) in [5, 5.41) is 12.3. The zero-order valence-corrected chi connectivity index (χ0v) is 17.3. The Morgan fingerprint density at radius 1 is 1.30 bits per heavy atom. The number of rotatable bonds is 5. The Hall–Kier alpha value is -1.85. The van der Waals surface area contributed by atoms with Gasteiger partial charge in [-0.2, -0.15) is 0 Å². The van der Waals surface area contributed by atoms with Gasteiger partial charge in [0.15, 0.2) is 5.60 Å². The number of H-pyrrole nitrogens is 1. The Kier molecular flexibility index (Phi) is 5.37. The Labute approximate surface area is 162 Å². The number of aromatic amines is 1. The monoisotopic (exact) mass is 371 g/mol. The Bertz CT molecular complexity index is 821. The van der Waals surface area contributed by atoms with Gasteiger partial charge in [0.1, 0.15) is 0 Å². The number of aliphatic hydroxyl groups is 1. The Balaban J connectivity index is 1.71. The molecular formula is C22H33N3O2. The van der Waals surface area contributed by atoms with Crippen LogP contribution in [0, 0.1) is 12.3 Å². The van der Waals surface area contributed by atoms with Gasteiger partial charge in [-0.05, 0) is 43.9 Å².